The Kier molecular flexibility index (Phi) is 9.84. The van der Waals surface area contributed by atoms with Crippen LogP contribution in [0.5, 0.6) is 5.75 Å². The van der Waals surface area contributed by atoms with Crippen molar-refractivity contribution in [2.75, 3.05) is 33.8 Å². The summed E-state index contributed by atoms with van der Waals surface area (Å²) < 4.78 is 10.6. The standard InChI is InChI=1S/C20H32N4O3.HI/c1-20(2,3)27-19(25)23-16-10-12-24(14-16)18(21-4)22-11-9-15-7-6-8-17(13-15)26-5;/h6-8,13,16H,9-12,14H2,1-5H3,(H,21,22)(H,23,25);1H. The molecular formula is C20H33IN4O3. The molecule has 2 rings (SSSR count). The summed E-state index contributed by atoms with van der Waals surface area (Å²) in [5, 5.41) is 6.34. The number of nitrogens with one attached hydrogen (secondary N) is 2. The van der Waals surface area contributed by atoms with Gasteiger partial charge in [-0.1, -0.05) is 12.1 Å². The van der Waals surface area contributed by atoms with Crippen LogP contribution in [0.1, 0.15) is 32.8 Å². The first-order valence-corrected chi connectivity index (χ1v) is 9.39. The van der Waals surface area contributed by atoms with E-state index in [2.05, 4.69) is 26.6 Å². The highest BCUT2D eigenvalue weighted by Gasteiger charge is 2.27. The van der Waals surface area contributed by atoms with Crippen LogP contribution in [-0.2, 0) is 11.2 Å². The molecule has 1 amide bonds. The first-order valence-electron chi connectivity index (χ1n) is 9.39. The third-order valence-electron chi connectivity index (χ3n) is 4.25. The number of aliphatic imine (C=N–C) groups is 1. The molecule has 1 aliphatic rings. The van der Waals surface area contributed by atoms with Crippen LogP contribution in [0.2, 0.25) is 0 Å². The third kappa shape index (κ3) is 8.12. The number of hydrogen-bond acceptors (Lipinski definition) is 4. The highest BCUT2D eigenvalue weighted by atomic mass is 127. The molecule has 1 aromatic rings. The molecular weight excluding hydrogens is 471 g/mol. The summed E-state index contributed by atoms with van der Waals surface area (Å²) >= 11 is 0. The van der Waals surface area contributed by atoms with E-state index in [9.17, 15) is 4.79 Å². The lowest BCUT2D eigenvalue weighted by Gasteiger charge is -2.23. The molecule has 158 valence electrons. The van der Waals surface area contributed by atoms with Crippen LogP contribution < -0.4 is 15.4 Å². The number of hydrogen-bond donors (Lipinski definition) is 2. The highest BCUT2D eigenvalue weighted by Crippen LogP contribution is 2.14. The second-order valence-corrected chi connectivity index (χ2v) is 7.65. The van der Waals surface area contributed by atoms with Crippen LogP contribution >= 0.6 is 24.0 Å². The molecule has 1 aliphatic heterocycles. The molecule has 1 unspecified atom stereocenters. The molecule has 7 nitrogen and oxygen atoms in total. The van der Waals surface area contributed by atoms with E-state index in [0.717, 1.165) is 44.2 Å². The number of methoxy groups -OCH3 is 1. The lowest BCUT2D eigenvalue weighted by atomic mass is 10.1. The largest absolute Gasteiger partial charge is 0.497 e. The number of amides is 1. The molecule has 0 spiro atoms. The Labute approximate surface area is 185 Å². The molecule has 1 heterocycles. The van der Waals surface area contributed by atoms with Gasteiger partial charge in [0, 0.05) is 26.7 Å². The smallest absolute Gasteiger partial charge is 0.407 e. The first-order chi connectivity index (χ1) is 12.8. The quantitative estimate of drug-likeness (QED) is 0.367. The van der Waals surface area contributed by atoms with E-state index < -0.39 is 5.60 Å². The van der Waals surface area contributed by atoms with Crippen molar-refractivity contribution in [1.29, 1.82) is 0 Å². The predicted octanol–water partition coefficient (Wildman–Crippen LogP) is 3.03. The molecule has 1 fully saturated rings. The van der Waals surface area contributed by atoms with E-state index in [0.29, 0.717) is 0 Å². The van der Waals surface area contributed by atoms with Gasteiger partial charge >= 0.3 is 6.09 Å². The molecule has 0 saturated carbocycles. The van der Waals surface area contributed by atoms with Crippen molar-refractivity contribution in [3.63, 3.8) is 0 Å². The van der Waals surface area contributed by atoms with E-state index in [4.69, 9.17) is 9.47 Å². The monoisotopic (exact) mass is 504 g/mol. The maximum atomic E-state index is 11.9. The zero-order valence-electron chi connectivity index (χ0n) is 17.4. The SMILES string of the molecule is CN=C(NCCc1cccc(OC)c1)N1CCC(NC(=O)OC(C)(C)C)C1.I. The van der Waals surface area contributed by atoms with Crippen molar-refractivity contribution < 1.29 is 14.3 Å². The van der Waals surface area contributed by atoms with Gasteiger partial charge in [0.05, 0.1) is 13.2 Å². The number of carbonyl (C=O) groups excluding carboxylic acids is 1. The molecule has 0 aromatic heterocycles. The fourth-order valence-corrected chi connectivity index (χ4v) is 3.02. The third-order valence-corrected chi connectivity index (χ3v) is 4.25. The van der Waals surface area contributed by atoms with Crippen LogP contribution in [0.25, 0.3) is 0 Å². The van der Waals surface area contributed by atoms with Gasteiger partial charge in [-0.25, -0.2) is 4.79 Å². The fraction of sp³-hybridized carbons (Fsp3) is 0.600. The summed E-state index contributed by atoms with van der Waals surface area (Å²) in [4.78, 5) is 18.5. The normalized spacial score (nSPS) is 17.0. The van der Waals surface area contributed by atoms with E-state index in [-0.39, 0.29) is 36.1 Å². The van der Waals surface area contributed by atoms with Gasteiger partial charge in [-0.3, -0.25) is 4.99 Å². The Morgan fingerprint density at radius 1 is 1.36 bits per heavy atom. The Morgan fingerprint density at radius 2 is 2.11 bits per heavy atom. The molecule has 0 radical (unpaired) electrons. The minimum Gasteiger partial charge on any atom is -0.497 e. The van der Waals surface area contributed by atoms with E-state index >= 15 is 0 Å². The number of rotatable bonds is 5. The van der Waals surface area contributed by atoms with Gasteiger partial charge in [-0.15, -0.1) is 24.0 Å². The number of benzene rings is 1. The molecule has 1 saturated heterocycles. The minimum atomic E-state index is -0.486. The van der Waals surface area contributed by atoms with Gasteiger partial charge in [0.25, 0.3) is 0 Å². The summed E-state index contributed by atoms with van der Waals surface area (Å²) in [6, 6.07) is 8.13. The first kappa shape index (κ1) is 24.3. The van der Waals surface area contributed by atoms with Gasteiger partial charge in [0.2, 0.25) is 0 Å². The zero-order chi connectivity index (χ0) is 19.9. The number of ether oxygens (including phenoxy) is 2. The molecule has 1 atom stereocenters. The molecule has 2 N–H and O–H groups in total. The average Bonchev–Trinajstić information content (AvgIpc) is 3.05. The zero-order valence-corrected chi connectivity index (χ0v) is 19.8. The Morgan fingerprint density at radius 3 is 2.75 bits per heavy atom. The maximum absolute atomic E-state index is 11.9. The molecule has 1 aromatic carbocycles. The number of carbonyl (C=O) groups is 1. The van der Waals surface area contributed by atoms with Crippen LogP contribution in [0, 0.1) is 0 Å². The van der Waals surface area contributed by atoms with Crippen LogP contribution in [0.3, 0.4) is 0 Å². The van der Waals surface area contributed by atoms with Crippen LogP contribution in [-0.4, -0.2) is 62.4 Å². The number of likely N-dealkylation sites (tertiary alicyclic amines) is 1. The van der Waals surface area contributed by atoms with E-state index in [1.54, 1.807) is 14.2 Å². The number of nitrogens with zero attached hydrogens (tertiary/aromatic N) is 2. The summed E-state index contributed by atoms with van der Waals surface area (Å²) in [7, 11) is 3.46. The second-order valence-electron chi connectivity index (χ2n) is 7.65. The van der Waals surface area contributed by atoms with Crippen molar-refractivity contribution in [3.8, 4) is 5.75 Å². The Balaban J connectivity index is 0.00000392. The summed E-state index contributed by atoms with van der Waals surface area (Å²) in [6.45, 7) is 7.93. The lowest BCUT2D eigenvalue weighted by Crippen LogP contribution is -2.44. The van der Waals surface area contributed by atoms with Crippen molar-refractivity contribution in [1.82, 2.24) is 15.5 Å². The second kappa shape index (κ2) is 11.3. The van der Waals surface area contributed by atoms with Crippen molar-refractivity contribution >= 4 is 36.0 Å². The lowest BCUT2D eigenvalue weighted by molar-refractivity contribution is 0.0507. The maximum Gasteiger partial charge on any atom is 0.407 e. The van der Waals surface area contributed by atoms with E-state index in [1.807, 2.05) is 39.0 Å². The van der Waals surface area contributed by atoms with Crippen molar-refractivity contribution in [2.24, 2.45) is 4.99 Å². The minimum absolute atomic E-state index is 0. The van der Waals surface area contributed by atoms with Gasteiger partial charge in [-0.05, 0) is 51.3 Å². The summed E-state index contributed by atoms with van der Waals surface area (Å²) in [6.07, 6.45) is 1.38. The highest BCUT2D eigenvalue weighted by molar-refractivity contribution is 14.0. The number of halogens is 1. The molecule has 8 heteroatoms. The molecule has 0 bridgehead atoms. The molecule has 28 heavy (non-hydrogen) atoms. The number of guanidine groups is 1. The average molecular weight is 504 g/mol. The Hall–Kier alpha value is -1.71. The summed E-state index contributed by atoms with van der Waals surface area (Å²) in [5.74, 6) is 1.72. The Bertz CT molecular complexity index is 661. The number of alkyl carbamates (subject to hydrolysis) is 1. The van der Waals surface area contributed by atoms with Gasteiger partial charge in [-0.2, -0.15) is 0 Å². The van der Waals surface area contributed by atoms with E-state index in [1.165, 1.54) is 5.56 Å². The van der Waals surface area contributed by atoms with Crippen molar-refractivity contribution in [2.45, 2.75) is 45.3 Å². The van der Waals surface area contributed by atoms with Gasteiger partial charge in [0.1, 0.15) is 11.4 Å². The van der Waals surface area contributed by atoms with Crippen molar-refractivity contribution in [3.05, 3.63) is 29.8 Å². The van der Waals surface area contributed by atoms with Gasteiger partial charge < -0.3 is 25.0 Å². The fourth-order valence-electron chi connectivity index (χ4n) is 3.02. The molecule has 0 aliphatic carbocycles. The van der Waals surface area contributed by atoms with Gasteiger partial charge in [0.15, 0.2) is 5.96 Å². The predicted molar refractivity (Wildman–Crippen MR) is 123 cm³/mol. The summed E-state index contributed by atoms with van der Waals surface area (Å²) in [5.41, 5.74) is 0.725. The topological polar surface area (TPSA) is 75.2 Å². The van der Waals surface area contributed by atoms with Crippen LogP contribution in [0.15, 0.2) is 29.3 Å². The van der Waals surface area contributed by atoms with Crippen LogP contribution in [0.4, 0.5) is 4.79 Å².